The molecule has 1 heterocycles. The van der Waals surface area contributed by atoms with Crippen molar-refractivity contribution in [2.45, 2.75) is 6.42 Å². The van der Waals surface area contributed by atoms with Gasteiger partial charge in [-0.25, -0.2) is 4.39 Å². The van der Waals surface area contributed by atoms with E-state index in [0.717, 1.165) is 44.8 Å². The lowest BCUT2D eigenvalue weighted by Crippen LogP contribution is -2.46. The van der Waals surface area contributed by atoms with Crippen LogP contribution in [0.1, 0.15) is 6.42 Å². The molecule has 1 aromatic rings. The lowest BCUT2D eigenvalue weighted by atomic mass is 10.2. The molecule has 0 bridgehead atoms. The van der Waals surface area contributed by atoms with Crippen LogP contribution in [0.2, 0.25) is 0 Å². The second-order valence-electron chi connectivity index (χ2n) is 4.26. The maximum absolute atomic E-state index is 12.8. The molecule has 0 atom stereocenters. The third-order valence-corrected chi connectivity index (χ3v) is 3.14. The monoisotopic (exact) mass is 232 g/mol. The van der Waals surface area contributed by atoms with E-state index in [1.165, 1.54) is 12.1 Å². The topological polar surface area (TPSA) is 6.48 Å². The quantitative estimate of drug-likeness (QED) is 0.735. The predicted molar refractivity (Wildman–Crippen MR) is 68.5 cm³/mol. The number of rotatable bonds is 3. The molecular formula is C14H17FN2. The largest absolute Gasteiger partial charge is 0.369 e. The first-order chi connectivity index (χ1) is 8.29. The fraction of sp³-hybridized carbons (Fsp3) is 0.429. The first-order valence-electron chi connectivity index (χ1n) is 5.96. The van der Waals surface area contributed by atoms with E-state index in [2.05, 4.69) is 15.7 Å². The summed E-state index contributed by atoms with van der Waals surface area (Å²) in [6.07, 6.45) is 6.07. The Labute approximate surface area is 102 Å². The van der Waals surface area contributed by atoms with Crippen LogP contribution >= 0.6 is 0 Å². The second-order valence-corrected chi connectivity index (χ2v) is 4.26. The minimum Gasteiger partial charge on any atom is -0.369 e. The summed E-state index contributed by atoms with van der Waals surface area (Å²) in [5, 5.41) is 0. The van der Waals surface area contributed by atoms with Crippen LogP contribution in [-0.4, -0.2) is 37.6 Å². The zero-order valence-electron chi connectivity index (χ0n) is 9.90. The van der Waals surface area contributed by atoms with E-state index in [1.807, 2.05) is 12.1 Å². The van der Waals surface area contributed by atoms with E-state index in [0.29, 0.717) is 0 Å². The van der Waals surface area contributed by atoms with E-state index in [4.69, 9.17) is 6.42 Å². The average molecular weight is 232 g/mol. The van der Waals surface area contributed by atoms with Gasteiger partial charge in [0.25, 0.3) is 0 Å². The van der Waals surface area contributed by atoms with E-state index in [1.54, 1.807) is 0 Å². The average Bonchev–Trinajstić information content (AvgIpc) is 2.38. The molecule has 0 radical (unpaired) electrons. The molecule has 1 saturated heterocycles. The molecule has 0 amide bonds. The number of halogens is 1. The number of benzene rings is 1. The lowest BCUT2D eigenvalue weighted by molar-refractivity contribution is 0.264. The Morgan fingerprint density at radius 1 is 1.12 bits per heavy atom. The van der Waals surface area contributed by atoms with Crippen LogP contribution < -0.4 is 4.90 Å². The van der Waals surface area contributed by atoms with Gasteiger partial charge in [0.2, 0.25) is 0 Å². The van der Waals surface area contributed by atoms with E-state index in [9.17, 15) is 4.39 Å². The van der Waals surface area contributed by atoms with Crippen LogP contribution in [-0.2, 0) is 0 Å². The Morgan fingerprint density at radius 2 is 1.76 bits per heavy atom. The molecule has 2 nitrogen and oxygen atoms in total. The van der Waals surface area contributed by atoms with Gasteiger partial charge < -0.3 is 4.90 Å². The first-order valence-corrected chi connectivity index (χ1v) is 5.96. The van der Waals surface area contributed by atoms with Gasteiger partial charge in [-0.2, -0.15) is 0 Å². The lowest BCUT2D eigenvalue weighted by Gasteiger charge is -2.35. The summed E-state index contributed by atoms with van der Waals surface area (Å²) in [4.78, 5) is 4.66. The molecule has 0 unspecified atom stereocenters. The SMILES string of the molecule is C#CCCN1CCN(c2ccc(F)cc2)CC1. The molecular weight excluding hydrogens is 215 g/mol. The number of anilines is 1. The molecule has 90 valence electrons. The van der Waals surface area contributed by atoms with Crippen molar-refractivity contribution in [2.75, 3.05) is 37.6 Å². The van der Waals surface area contributed by atoms with Gasteiger partial charge in [-0.15, -0.1) is 12.3 Å². The minimum atomic E-state index is -0.179. The summed E-state index contributed by atoms with van der Waals surface area (Å²) in [6.45, 7) is 5.00. The normalized spacial score (nSPS) is 16.8. The Morgan fingerprint density at radius 3 is 2.35 bits per heavy atom. The van der Waals surface area contributed by atoms with E-state index < -0.39 is 0 Å². The minimum absolute atomic E-state index is 0.179. The number of nitrogens with zero attached hydrogens (tertiary/aromatic N) is 2. The molecule has 0 N–H and O–H groups in total. The van der Waals surface area contributed by atoms with Gasteiger partial charge in [0.15, 0.2) is 0 Å². The molecule has 1 aromatic carbocycles. The van der Waals surface area contributed by atoms with Gasteiger partial charge >= 0.3 is 0 Å². The number of hydrogen-bond acceptors (Lipinski definition) is 2. The molecule has 0 aliphatic carbocycles. The van der Waals surface area contributed by atoms with Crippen molar-refractivity contribution in [3.63, 3.8) is 0 Å². The van der Waals surface area contributed by atoms with Crippen LogP contribution in [0.5, 0.6) is 0 Å². The predicted octanol–water partition coefficient (Wildman–Crippen LogP) is 1.97. The third kappa shape index (κ3) is 3.21. The summed E-state index contributed by atoms with van der Waals surface area (Å²) in [5.74, 6) is 2.49. The second kappa shape index (κ2) is 5.70. The van der Waals surface area contributed by atoms with Crippen molar-refractivity contribution in [1.82, 2.24) is 4.90 Å². The summed E-state index contributed by atoms with van der Waals surface area (Å²) in [5.41, 5.74) is 1.10. The van der Waals surface area contributed by atoms with Crippen LogP contribution in [0.25, 0.3) is 0 Å². The molecule has 0 spiro atoms. The van der Waals surface area contributed by atoms with Gasteiger partial charge in [-0.1, -0.05) is 0 Å². The van der Waals surface area contributed by atoms with Gasteiger partial charge in [0, 0.05) is 44.8 Å². The molecule has 3 heteroatoms. The zero-order valence-corrected chi connectivity index (χ0v) is 9.90. The van der Waals surface area contributed by atoms with Gasteiger partial charge in [-0.3, -0.25) is 4.90 Å². The highest BCUT2D eigenvalue weighted by Gasteiger charge is 2.16. The van der Waals surface area contributed by atoms with Crippen molar-refractivity contribution in [3.8, 4) is 12.3 Å². The third-order valence-electron chi connectivity index (χ3n) is 3.14. The number of terminal acetylenes is 1. The zero-order chi connectivity index (χ0) is 12.1. The van der Waals surface area contributed by atoms with Crippen molar-refractivity contribution in [3.05, 3.63) is 30.1 Å². The highest BCUT2D eigenvalue weighted by Crippen LogP contribution is 2.16. The molecule has 1 aliphatic rings. The number of piperazine rings is 1. The highest BCUT2D eigenvalue weighted by molar-refractivity contribution is 5.46. The van der Waals surface area contributed by atoms with E-state index in [-0.39, 0.29) is 5.82 Å². The Kier molecular flexibility index (Phi) is 4.00. The van der Waals surface area contributed by atoms with Crippen LogP contribution in [0.3, 0.4) is 0 Å². The summed E-state index contributed by atoms with van der Waals surface area (Å²) >= 11 is 0. The highest BCUT2D eigenvalue weighted by atomic mass is 19.1. The summed E-state index contributed by atoms with van der Waals surface area (Å²) in [6, 6.07) is 6.71. The van der Waals surface area contributed by atoms with Crippen LogP contribution in [0, 0.1) is 18.2 Å². The standard InChI is InChI=1S/C14H17FN2/c1-2-3-8-16-9-11-17(12-10-16)14-6-4-13(15)5-7-14/h1,4-7H,3,8-12H2. The molecule has 0 aromatic heterocycles. The molecule has 2 rings (SSSR count). The van der Waals surface area contributed by atoms with E-state index >= 15 is 0 Å². The van der Waals surface area contributed by atoms with Crippen molar-refractivity contribution >= 4 is 5.69 Å². The van der Waals surface area contributed by atoms with Crippen LogP contribution in [0.4, 0.5) is 10.1 Å². The fourth-order valence-corrected chi connectivity index (χ4v) is 2.10. The van der Waals surface area contributed by atoms with Crippen LogP contribution in [0.15, 0.2) is 24.3 Å². The summed E-state index contributed by atoms with van der Waals surface area (Å²) < 4.78 is 12.8. The molecule has 1 fully saturated rings. The fourth-order valence-electron chi connectivity index (χ4n) is 2.10. The smallest absolute Gasteiger partial charge is 0.123 e. The molecule has 1 aliphatic heterocycles. The van der Waals surface area contributed by atoms with Crippen molar-refractivity contribution in [1.29, 1.82) is 0 Å². The van der Waals surface area contributed by atoms with Gasteiger partial charge in [0.05, 0.1) is 0 Å². The Balaban J connectivity index is 1.87. The maximum Gasteiger partial charge on any atom is 0.123 e. The summed E-state index contributed by atoms with van der Waals surface area (Å²) in [7, 11) is 0. The molecule has 0 saturated carbocycles. The van der Waals surface area contributed by atoms with Gasteiger partial charge in [-0.05, 0) is 24.3 Å². The molecule has 17 heavy (non-hydrogen) atoms. The maximum atomic E-state index is 12.8. The van der Waals surface area contributed by atoms with Gasteiger partial charge in [0.1, 0.15) is 5.82 Å². The first kappa shape index (κ1) is 11.9. The van der Waals surface area contributed by atoms with Crippen molar-refractivity contribution in [2.24, 2.45) is 0 Å². The Bertz CT molecular complexity index is 386. The number of hydrogen-bond donors (Lipinski definition) is 0. The van der Waals surface area contributed by atoms with Crippen molar-refractivity contribution < 1.29 is 4.39 Å². The Hall–Kier alpha value is -1.53.